The molecule has 31 heavy (non-hydrogen) atoms. The van der Waals surface area contributed by atoms with E-state index in [-0.39, 0.29) is 13.0 Å². The molecular formula is C24H27NO6. The van der Waals surface area contributed by atoms with Crippen molar-refractivity contribution in [3.63, 3.8) is 0 Å². The van der Waals surface area contributed by atoms with E-state index >= 15 is 0 Å². The van der Waals surface area contributed by atoms with Crippen molar-refractivity contribution >= 4 is 24.1 Å². The van der Waals surface area contributed by atoms with Crippen molar-refractivity contribution in [1.82, 2.24) is 5.32 Å². The number of benzene rings is 2. The van der Waals surface area contributed by atoms with Gasteiger partial charge in [0.1, 0.15) is 18.2 Å². The first-order valence-electron chi connectivity index (χ1n) is 9.83. The molecule has 0 saturated carbocycles. The molecule has 164 valence electrons. The molecule has 0 saturated heterocycles. The summed E-state index contributed by atoms with van der Waals surface area (Å²) < 4.78 is 10.4. The Kier molecular flexibility index (Phi) is 8.37. The van der Waals surface area contributed by atoms with Crippen LogP contribution in [0.15, 0.2) is 60.7 Å². The van der Waals surface area contributed by atoms with Gasteiger partial charge < -0.3 is 19.9 Å². The van der Waals surface area contributed by atoms with Crippen LogP contribution >= 0.6 is 0 Å². The van der Waals surface area contributed by atoms with Crippen molar-refractivity contribution in [2.75, 3.05) is 0 Å². The van der Waals surface area contributed by atoms with Crippen molar-refractivity contribution < 1.29 is 29.0 Å². The SMILES string of the molecule is CC(C)(C)OC(=O)N[C@H](Cc1ccccc1/C=C/C(=O)OCc1ccccc1)C(=O)O. The molecule has 0 unspecified atom stereocenters. The average Bonchev–Trinajstić information content (AvgIpc) is 2.70. The molecule has 2 N–H and O–H groups in total. The fourth-order valence-corrected chi connectivity index (χ4v) is 2.69. The number of ether oxygens (including phenoxy) is 2. The molecule has 0 aliphatic rings. The number of hydrogen-bond donors (Lipinski definition) is 2. The quantitative estimate of drug-likeness (QED) is 0.490. The molecule has 2 rings (SSSR count). The van der Waals surface area contributed by atoms with Crippen molar-refractivity contribution in [3.05, 3.63) is 77.4 Å². The number of rotatable bonds is 8. The summed E-state index contributed by atoms with van der Waals surface area (Å²) in [6.45, 7) is 5.24. The number of carboxylic acid groups (broad SMARTS) is 1. The van der Waals surface area contributed by atoms with Crippen LogP contribution in [0.4, 0.5) is 4.79 Å². The summed E-state index contributed by atoms with van der Waals surface area (Å²) in [5, 5.41) is 11.9. The van der Waals surface area contributed by atoms with Gasteiger partial charge in [-0.1, -0.05) is 54.6 Å². The largest absolute Gasteiger partial charge is 0.480 e. The van der Waals surface area contributed by atoms with Crippen molar-refractivity contribution in [2.24, 2.45) is 0 Å². The van der Waals surface area contributed by atoms with E-state index in [0.717, 1.165) is 5.56 Å². The molecule has 0 heterocycles. The summed E-state index contributed by atoms with van der Waals surface area (Å²) in [7, 11) is 0. The maximum atomic E-state index is 12.0. The first-order valence-corrected chi connectivity index (χ1v) is 9.83. The van der Waals surface area contributed by atoms with Gasteiger partial charge in [-0.3, -0.25) is 0 Å². The molecule has 1 atom stereocenters. The normalized spacial score (nSPS) is 12.2. The lowest BCUT2D eigenvalue weighted by atomic mass is 10.00. The van der Waals surface area contributed by atoms with Gasteiger partial charge in [0.15, 0.2) is 0 Å². The fraction of sp³-hybridized carbons (Fsp3) is 0.292. The molecule has 7 heteroatoms. The van der Waals surface area contributed by atoms with Crippen LogP contribution in [0.5, 0.6) is 0 Å². The highest BCUT2D eigenvalue weighted by molar-refractivity contribution is 5.87. The average molecular weight is 425 g/mol. The molecule has 2 aromatic carbocycles. The van der Waals surface area contributed by atoms with Crippen LogP contribution in [0.25, 0.3) is 6.08 Å². The van der Waals surface area contributed by atoms with E-state index < -0.39 is 29.7 Å². The third-order valence-electron chi connectivity index (χ3n) is 4.09. The maximum absolute atomic E-state index is 12.0. The van der Waals surface area contributed by atoms with Gasteiger partial charge in [0, 0.05) is 12.5 Å². The second-order valence-corrected chi connectivity index (χ2v) is 7.87. The van der Waals surface area contributed by atoms with E-state index in [2.05, 4.69) is 5.32 Å². The number of alkyl carbamates (subject to hydrolysis) is 1. The van der Waals surface area contributed by atoms with Crippen LogP contribution < -0.4 is 5.32 Å². The Morgan fingerprint density at radius 3 is 2.32 bits per heavy atom. The van der Waals surface area contributed by atoms with Gasteiger partial charge in [0.25, 0.3) is 0 Å². The molecular weight excluding hydrogens is 398 g/mol. The Labute approximate surface area is 181 Å². The van der Waals surface area contributed by atoms with E-state index in [1.54, 1.807) is 51.1 Å². The number of esters is 1. The molecule has 0 spiro atoms. The predicted molar refractivity (Wildman–Crippen MR) is 116 cm³/mol. The lowest BCUT2D eigenvalue weighted by molar-refractivity contribution is -0.140. The molecule has 1 amide bonds. The highest BCUT2D eigenvalue weighted by Gasteiger charge is 2.24. The first kappa shape index (κ1) is 23.7. The van der Waals surface area contributed by atoms with Crippen molar-refractivity contribution in [2.45, 2.75) is 45.4 Å². The smallest absolute Gasteiger partial charge is 0.408 e. The van der Waals surface area contributed by atoms with Gasteiger partial charge in [-0.05, 0) is 43.5 Å². The number of carbonyl (C=O) groups excluding carboxylic acids is 2. The van der Waals surface area contributed by atoms with Crippen molar-refractivity contribution in [1.29, 1.82) is 0 Å². The third-order valence-corrected chi connectivity index (χ3v) is 4.09. The lowest BCUT2D eigenvalue weighted by Crippen LogP contribution is -2.44. The zero-order chi connectivity index (χ0) is 22.9. The lowest BCUT2D eigenvalue weighted by Gasteiger charge is -2.22. The van der Waals surface area contributed by atoms with E-state index in [4.69, 9.17) is 9.47 Å². The van der Waals surface area contributed by atoms with E-state index in [0.29, 0.717) is 11.1 Å². The minimum atomic E-state index is -1.19. The van der Waals surface area contributed by atoms with Gasteiger partial charge in [-0.15, -0.1) is 0 Å². The van der Waals surface area contributed by atoms with E-state index in [1.807, 2.05) is 30.3 Å². The summed E-state index contributed by atoms with van der Waals surface area (Å²) in [6, 6.07) is 15.1. The number of nitrogens with one attached hydrogen (secondary N) is 1. The van der Waals surface area contributed by atoms with Gasteiger partial charge in [0.05, 0.1) is 0 Å². The Morgan fingerprint density at radius 2 is 1.68 bits per heavy atom. The van der Waals surface area contributed by atoms with E-state index in [9.17, 15) is 19.5 Å². The molecule has 0 aromatic heterocycles. The van der Waals surface area contributed by atoms with Crippen LogP contribution in [0.3, 0.4) is 0 Å². The maximum Gasteiger partial charge on any atom is 0.408 e. The van der Waals surface area contributed by atoms with Gasteiger partial charge in [-0.2, -0.15) is 0 Å². The minimum Gasteiger partial charge on any atom is -0.480 e. The number of carbonyl (C=O) groups is 3. The summed E-state index contributed by atoms with van der Waals surface area (Å²) >= 11 is 0. The van der Waals surface area contributed by atoms with Gasteiger partial charge in [-0.25, -0.2) is 14.4 Å². The van der Waals surface area contributed by atoms with Crippen LogP contribution in [-0.2, 0) is 32.1 Å². The summed E-state index contributed by atoms with van der Waals surface area (Å²) in [6.07, 6.45) is 2.07. The summed E-state index contributed by atoms with van der Waals surface area (Å²) in [4.78, 5) is 35.7. The molecule has 7 nitrogen and oxygen atoms in total. The number of hydrogen-bond acceptors (Lipinski definition) is 5. The molecule has 0 aliphatic heterocycles. The standard InChI is InChI=1S/C24H27NO6/c1-24(2,3)31-23(29)25-20(22(27)28)15-19-12-8-7-11-18(19)13-14-21(26)30-16-17-9-5-4-6-10-17/h4-14,20H,15-16H2,1-3H3,(H,25,29)(H,27,28)/b14-13+/t20-/m1/s1. The highest BCUT2D eigenvalue weighted by atomic mass is 16.6. The Bertz CT molecular complexity index is 931. The second kappa shape index (κ2) is 11.0. The predicted octanol–water partition coefficient (Wildman–Crippen LogP) is 3.96. The minimum absolute atomic E-state index is 0.0220. The zero-order valence-electron chi connectivity index (χ0n) is 17.8. The molecule has 0 aliphatic carbocycles. The topological polar surface area (TPSA) is 102 Å². The molecule has 0 fully saturated rings. The van der Waals surface area contributed by atoms with Crippen LogP contribution in [0.1, 0.15) is 37.5 Å². The zero-order valence-corrected chi connectivity index (χ0v) is 17.8. The molecule has 0 bridgehead atoms. The molecule has 2 aromatic rings. The number of carboxylic acids is 1. The van der Waals surface area contributed by atoms with E-state index in [1.165, 1.54) is 6.08 Å². The van der Waals surface area contributed by atoms with Gasteiger partial charge >= 0.3 is 18.0 Å². The Morgan fingerprint density at radius 1 is 1.03 bits per heavy atom. The van der Waals surface area contributed by atoms with Gasteiger partial charge in [0.2, 0.25) is 0 Å². The monoisotopic (exact) mass is 425 g/mol. The third kappa shape index (κ3) is 8.74. The first-order chi connectivity index (χ1) is 14.6. The second-order valence-electron chi connectivity index (χ2n) is 7.87. The fourth-order valence-electron chi connectivity index (χ4n) is 2.69. The van der Waals surface area contributed by atoms with Crippen LogP contribution in [-0.4, -0.2) is 34.8 Å². The van der Waals surface area contributed by atoms with Crippen molar-refractivity contribution in [3.8, 4) is 0 Å². The Balaban J connectivity index is 2.03. The Hall–Kier alpha value is -3.61. The van der Waals surface area contributed by atoms with Crippen LogP contribution in [0.2, 0.25) is 0 Å². The summed E-state index contributed by atoms with van der Waals surface area (Å²) in [5.74, 6) is -1.70. The highest BCUT2D eigenvalue weighted by Crippen LogP contribution is 2.15. The summed E-state index contributed by atoms with van der Waals surface area (Å²) in [5.41, 5.74) is 1.44. The number of amides is 1. The number of aliphatic carboxylic acids is 1. The van der Waals surface area contributed by atoms with Crippen LogP contribution in [0, 0.1) is 0 Å². The molecule has 0 radical (unpaired) electrons.